The van der Waals surface area contributed by atoms with E-state index in [-0.39, 0.29) is 6.10 Å². The summed E-state index contributed by atoms with van der Waals surface area (Å²) in [5, 5.41) is 0. The van der Waals surface area contributed by atoms with Crippen LogP contribution >= 0.6 is 11.8 Å². The molecule has 0 aliphatic rings. The first kappa shape index (κ1) is 11.3. The summed E-state index contributed by atoms with van der Waals surface area (Å²) in [6.07, 6.45) is 4.72. The molecule has 0 spiro atoms. The van der Waals surface area contributed by atoms with Crippen LogP contribution in [0.1, 0.15) is 12.8 Å². The zero-order valence-corrected chi connectivity index (χ0v) is 8.45. The molecule has 3 heteroatoms. The number of rotatable bonds is 7. The van der Waals surface area contributed by atoms with Crippen LogP contribution in [0.15, 0.2) is 0 Å². The molecule has 0 aromatic heterocycles. The van der Waals surface area contributed by atoms with Crippen molar-refractivity contribution < 1.29 is 9.47 Å². The molecular formula is C8H18O2S. The molecule has 0 saturated heterocycles. The van der Waals surface area contributed by atoms with Crippen LogP contribution in [0.2, 0.25) is 0 Å². The van der Waals surface area contributed by atoms with Crippen molar-refractivity contribution in [2.75, 3.05) is 32.8 Å². The van der Waals surface area contributed by atoms with Crippen LogP contribution in [-0.4, -0.2) is 38.9 Å². The lowest BCUT2D eigenvalue weighted by Crippen LogP contribution is -2.17. The largest absolute Gasteiger partial charge is 0.382 e. The second kappa shape index (κ2) is 8.37. The number of ether oxygens (including phenoxy) is 2. The molecule has 0 saturated carbocycles. The van der Waals surface area contributed by atoms with Crippen LogP contribution in [0.25, 0.3) is 0 Å². The minimum absolute atomic E-state index is 0.284. The summed E-state index contributed by atoms with van der Waals surface area (Å²) in [4.78, 5) is 0. The SMILES string of the molecule is COCC(CCCSC)OC. The van der Waals surface area contributed by atoms with Crippen LogP contribution in [-0.2, 0) is 9.47 Å². The van der Waals surface area contributed by atoms with Crippen molar-refractivity contribution in [1.82, 2.24) is 0 Å². The van der Waals surface area contributed by atoms with Gasteiger partial charge in [-0.05, 0) is 24.9 Å². The maximum atomic E-state index is 5.20. The molecule has 0 fully saturated rings. The van der Waals surface area contributed by atoms with Gasteiger partial charge in [0.1, 0.15) is 0 Å². The van der Waals surface area contributed by atoms with Gasteiger partial charge in [0, 0.05) is 14.2 Å². The monoisotopic (exact) mass is 178 g/mol. The highest BCUT2D eigenvalue weighted by Gasteiger charge is 2.04. The minimum Gasteiger partial charge on any atom is -0.382 e. The van der Waals surface area contributed by atoms with Crippen LogP contribution in [0.3, 0.4) is 0 Å². The fraction of sp³-hybridized carbons (Fsp3) is 1.00. The zero-order valence-electron chi connectivity index (χ0n) is 7.63. The van der Waals surface area contributed by atoms with E-state index in [4.69, 9.17) is 9.47 Å². The molecule has 0 radical (unpaired) electrons. The second-order valence-corrected chi connectivity index (χ2v) is 3.43. The molecule has 1 atom stereocenters. The van der Waals surface area contributed by atoms with E-state index in [1.54, 1.807) is 14.2 Å². The van der Waals surface area contributed by atoms with Crippen molar-refractivity contribution in [2.24, 2.45) is 0 Å². The van der Waals surface area contributed by atoms with Crippen LogP contribution in [0, 0.1) is 0 Å². The van der Waals surface area contributed by atoms with Gasteiger partial charge in [0.05, 0.1) is 12.7 Å². The Balaban J connectivity index is 3.20. The molecule has 0 aromatic carbocycles. The van der Waals surface area contributed by atoms with Gasteiger partial charge in [-0.15, -0.1) is 0 Å². The lowest BCUT2D eigenvalue weighted by atomic mass is 10.2. The number of hydrogen-bond acceptors (Lipinski definition) is 3. The summed E-state index contributed by atoms with van der Waals surface area (Å²) in [6, 6.07) is 0. The molecule has 0 bridgehead atoms. The quantitative estimate of drug-likeness (QED) is 0.554. The van der Waals surface area contributed by atoms with Crippen molar-refractivity contribution >= 4 is 11.8 Å². The van der Waals surface area contributed by atoms with E-state index in [2.05, 4.69) is 6.26 Å². The third-order valence-corrected chi connectivity index (χ3v) is 2.26. The third-order valence-electron chi connectivity index (χ3n) is 1.56. The maximum absolute atomic E-state index is 5.20. The maximum Gasteiger partial charge on any atom is 0.0804 e. The molecule has 68 valence electrons. The smallest absolute Gasteiger partial charge is 0.0804 e. The van der Waals surface area contributed by atoms with Crippen molar-refractivity contribution in [3.8, 4) is 0 Å². The van der Waals surface area contributed by atoms with E-state index in [0.717, 1.165) is 6.42 Å². The Morgan fingerprint density at radius 3 is 2.55 bits per heavy atom. The van der Waals surface area contributed by atoms with Crippen molar-refractivity contribution in [3.05, 3.63) is 0 Å². The molecule has 0 N–H and O–H groups in total. The average Bonchev–Trinajstić information content (AvgIpc) is 2.03. The Morgan fingerprint density at radius 2 is 2.09 bits per heavy atom. The van der Waals surface area contributed by atoms with Gasteiger partial charge in [-0.3, -0.25) is 0 Å². The topological polar surface area (TPSA) is 18.5 Å². The summed E-state index contributed by atoms with van der Waals surface area (Å²) < 4.78 is 10.2. The Labute approximate surface area is 73.6 Å². The molecule has 11 heavy (non-hydrogen) atoms. The molecule has 0 aromatic rings. The van der Waals surface area contributed by atoms with Crippen molar-refractivity contribution in [2.45, 2.75) is 18.9 Å². The van der Waals surface area contributed by atoms with Crippen molar-refractivity contribution in [3.63, 3.8) is 0 Å². The summed E-state index contributed by atoms with van der Waals surface area (Å²) in [5.74, 6) is 1.21. The lowest BCUT2D eigenvalue weighted by molar-refractivity contribution is 0.0233. The number of hydrogen-bond donors (Lipinski definition) is 0. The van der Waals surface area contributed by atoms with E-state index < -0.39 is 0 Å². The number of methoxy groups -OCH3 is 2. The van der Waals surface area contributed by atoms with E-state index in [0.29, 0.717) is 6.61 Å². The highest BCUT2D eigenvalue weighted by Crippen LogP contribution is 2.05. The van der Waals surface area contributed by atoms with Gasteiger partial charge in [-0.2, -0.15) is 11.8 Å². The summed E-state index contributed by atoms with van der Waals surface area (Å²) in [6.45, 7) is 0.713. The first-order chi connectivity index (χ1) is 5.35. The third kappa shape index (κ3) is 6.66. The zero-order chi connectivity index (χ0) is 8.53. The standard InChI is InChI=1S/C8H18O2S/c1-9-7-8(10-2)5-4-6-11-3/h8H,4-7H2,1-3H3. The molecular weight excluding hydrogens is 160 g/mol. The molecule has 1 unspecified atom stereocenters. The molecule has 0 amide bonds. The highest BCUT2D eigenvalue weighted by molar-refractivity contribution is 7.98. The van der Waals surface area contributed by atoms with Crippen molar-refractivity contribution in [1.29, 1.82) is 0 Å². The minimum atomic E-state index is 0.284. The van der Waals surface area contributed by atoms with Gasteiger partial charge in [0.15, 0.2) is 0 Å². The molecule has 0 heterocycles. The summed E-state index contributed by atoms with van der Waals surface area (Å²) in [5.41, 5.74) is 0. The molecule has 0 rings (SSSR count). The average molecular weight is 178 g/mol. The van der Waals surface area contributed by atoms with E-state index in [1.807, 2.05) is 11.8 Å². The van der Waals surface area contributed by atoms with Gasteiger partial charge >= 0.3 is 0 Å². The Hall–Kier alpha value is 0.270. The predicted molar refractivity (Wildman–Crippen MR) is 50.3 cm³/mol. The molecule has 2 nitrogen and oxygen atoms in total. The first-order valence-corrected chi connectivity index (χ1v) is 5.25. The fourth-order valence-electron chi connectivity index (χ4n) is 0.910. The van der Waals surface area contributed by atoms with E-state index in [1.165, 1.54) is 12.2 Å². The molecule has 0 aliphatic carbocycles. The van der Waals surface area contributed by atoms with Gasteiger partial charge in [0.25, 0.3) is 0 Å². The Morgan fingerprint density at radius 1 is 1.36 bits per heavy atom. The van der Waals surface area contributed by atoms with Crippen LogP contribution < -0.4 is 0 Å². The fourth-order valence-corrected chi connectivity index (χ4v) is 1.37. The number of thioether (sulfide) groups is 1. The van der Waals surface area contributed by atoms with Gasteiger partial charge in [-0.1, -0.05) is 0 Å². The normalized spacial score (nSPS) is 13.4. The van der Waals surface area contributed by atoms with Crippen LogP contribution in [0.5, 0.6) is 0 Å². The second-order valence-electron chi connectivity index (χ2n) is 2.45. The summed E-state index contributed by atoms with van der Waals surface area (Å²) >= 11 is 1.88. The highest BCUT2D eigenvalue weighted by atomic mass is 32.2. The molecule has 0 aliphatic heterocycles. The lowest BCUT2D eigenvalue weighted by Gasteiger charge is -2.12. The predicted octanol–water partition coefficient (Wildman–Crippen LogP) is 1.79. The van der Waals surface area contributed by atoms with Gasteiger partial charge < -0.3 is 9.47 Å². The van der Waals surface area contributed by atoms with E-state index in [9.17, 15) is 0 Å². The van der Waals surface area contributed by atoms with E-state index >= 15 is 0 Å². The van der Waals surface area contributed by atoms with Gasteiger partial charge in [-0.25, -0.2) is 0 Å². The Kier molecular flexibility index (Phi) is 8.57. The Bertz CT molecular complexity index is 78.5. The van der Waals surface area contributed by atoms with Crippen LogP contribution in [0.4, 0.5) is 0 Å². The van der Waals surface area contributed by atoms with Gasteiger partial charge in [0.2, 0.25) is 0 Å². The first-order valence-electron chi connectivity index (χ1n) is 3.85. The summed E-state index contributed by atoms with van der Waals surface area (Å²) in [7, 11) is 3.45.